The number of halogens is 2. The number of hydrogen-bond donors (Lipinski definition) is 4. The molecule has 9 heteroatoms. The molecule has 0 heterocycles. The first-order valence-corrected chi connectivity index (χ1v) is 11.2. The zero-order valence-corrected chi connectivity index (χ0v) is 18.8. The minimum Gasteiger partial charge on any atom is -0.480 e. The van der Waals surface area contributed by atoms with E-state index in [0.29, 0.717) is 36.4 Å². The van der Waals surface area contributed by atoms with Crippen LogP contribution in [0.1, 0.15) is 32.1 Å². The lowest BCUT2D eigenvalue weighted by Crippen LogP contribution is -2.61. The Labute approximate surface area is 193 Å². The molecule has 2 aromatic carbocycles. The summed E-state index contributed by atoms with van der Waals surface area (Å²) in [5.41, 5.74) is 6.98. The van der Waals surface area contributed by atoms with Crippen molar-refractivity contribution in [3.63, 3.8) is 0 Å². The van der Waals surface area contributed by atoms with E-state index in [-0.39, 0.29) is 30.5 Å². The normalized spacial score (nSPS) is 19.7. The summed E-state index contributed by atoms with van der Waals surface area (Å²) in [7, 11) is 0.415. The van der Waals surface area contributed by atoms with Crippen LogP contribution in [0.2, 0.25) is 11.3 Å². The summed E-state index contributed by atoms with van der Waals surface area (Å²) in [5, 5.41) is 28.2. The molecule has 1 fully saturated rings. The number of carbonyl (C=O) groups is 1. The number of nitrogens with zero attached hydrogens (tertiary/aromatic N) is 1. The van der Waals surface area contributed by atoms with Crippen LogP contribution in [0.4, 0.5) is 10.1 Å². The first-order chi connectivity index (χ1) is 15.1. The Morgan fingerprint density at radius 2 is 1.81 bits per heavy atom. The lowest BCUT2D eigenvalue weighted by molar-refractivity contribution is -0.147. The van der Waals surface area contributed by atoms with Crippen molar-refractivity contribution in [3.05, 3.63) is 53.3 Å². The van der Waals surface area contributed by atoms with E-state index in [0.717, 1.165) is 11.1 Å². The molecule has 1 saturated carbocycles. The van der Waals surface area contributed by atoms with Crippen molar-refractivity contribution < 1.29 is 24.3 Å². The monoisotopic (exact) mass is 462 g/mol. The van der Waals surface area contributed by atoms with Crippen molar-refractivity contribution in [3.8, 4) is 11.1 Å². The summed E-state index contributed by atoms with van der Waals surface area (Å²) in [5.74, 6) is -1.61. The summed E-state index contributed by atoms with van der Waals surface area (Å²) in [6.07, 6.45) is 2.56. The molecule has 0 aromatic heterocycles. The molecule has 0 radical (unpaired) electrons. The Hall–Kier alpha value is -2.13. The Morgan fingerprint density at radius 3 is 2.38 bits per heavy atom. The van der Waals surface area contributed by atoms with E-state index in [1.165, 1.54) is 6.07 Å². The minimum atomic E-state index is -1.39. The van der Waals surface area contributed by atoms with Crippen LogP contribution >= 0.6 is 11.6 Å². The average molecular weight is 463 g/mol. The van der Waals surface area contributed by atoms with Crippen LogP contribution in [0.5, 0.6) is 0 Å². The summed E-state index contributed by atoms with van der Waals surface area (Å²) in [4.78, 5) is 13.7. The van der Waals surface area contributed by atoms with E-state index in [9.17, 15) is 14.3 Å². The fourth-order valence-corrected chi connectivity index (χ4v) is 4.49. The molecule has 1 aliphatic carbocycles. The van der Waals surface area contributed by atoms with Gasteiger partial charge in [-0.15, -0.1) is 0 Å². The molecule has 1 aliphatic rings. The maximum atomic E-state index is 14.9. The van der Waals surface area contributed by atoms with Crippen LogP contribution in [-0.4, -0.2) is 46.9 Å². The van der Waals surface area contributed by atoms with Gasteiger partial charge in [-0.2, -0.15) is 0 Å². The van der Waals surface area contributed by atoms with Crippen LogP contribution in [0.15, 0.2) is 42.5 Å². The highest BCUT2D eigenvalue weighted by atomic mass is 35.5. The maximum absolute atomic E-state index is 14.9. The number of benzene rings is 2. The van der Waals surface area contributed by atoms with Crippen LogP contribution < -0.4 is 10.6 Å². The predicted molar refractivity (Wildman–Crippen MR) is 125 cm³/mol. The standard InChI is InChI=1S/C23H29BClFN2O4/c1-28(21-9-6-16(12-20(21)26)15-4-7-18(25)8-5-15)19-13-17(14-19)23(27,22(29)30)10-2-3-11-24(31)32/h4-9,12,17,19,31-32H,2-3,10-11,13-14,27H2,1H3,(H,29,30)/t17?,19?,23-/m0/s1. The second kappa shape index (κ2) is 10.2. The lowest BCUT2D eigenvalue weighted by atomic mass is 9.65. The van der Waals surface area contributed by atoms with Crippen molar-refractivity contribution in [1.82, 2.24) is 0 Å². The van der Waals surface area contributed by atoms with Crippen molar-refractivity contribution >= 4 is 30.4 Å². The molecule has 0 saturated heterocycles. The van der Waals surface area contributed by atoms with Crippen LogP contribution in [0.3, 0.4) is 0 Å². The van der Waals surface area contributed by atoms with Gasteiger partial charge in [0.25, 0.3) is 0 Å². The molecule has 1 atom stereocenters. The Morgan fingerprint density at radius 1 is 1.19 bits per heavy atom. The van der Waals surface area contributed by atoms with Gasteiger partial charge in [0.2, 0.25) is 0 Å². The summed E-state index contributed by atoms with van der Waals surface area (Å²) >= 11 is 5.92. The third-order valence-corrected chi connectivity index (χ3v) is 6.85. The molecule has 32 heavy (non-hydrogen) atoms. The second-order valence-electron chi connectivity index (χ2n) is 8.68. The first kappa shape index (κ1) is 24.5. The van der Waals surface area contributed by atoms with Gasteiger partial charge in [-0.25, -0.2) is 4.39 Å². The average Bonchev–Trinajstić information content (AvgIpc) is 2.70. The van der Waals surface area contributed by atoms with Gasteiger partial charge in [0.15, 0.2) is 0 Å². The number of hydrogen-bond acceptors (Lipinski definition) is 5. The Bertz CT molecular complexity index is 940. The zero-order valence-electron chi connectivity index (χ0n) is 18.0. The van der Waals surface area contributed by atoms with Gasteiger partial charge in [0, 0.05) is 18.1 Å². The molecular weight excluding hydrogens is 434 g/mol. The smallest absolute Gasteiger partial charge is 0.451 e. The first-order valence-electron chi connectivity index (χ1n) is 10.8. The van der Waals surface area contributed by atoms with Crippen molar-refractivity contribution in [1.29, 1.82) is 0 Å². The fourth-order valence-electron chi connectivity index (χ4n) is 4.37. The van der Waals surface area contributed by atoms with Gasteiger partial charge in [-0.3, -0.25) is 4.79 Å². The largest absolute Gasteiger partial charge is 0.480 e. The molecule has 6 nitrogen and oxygen atoms in total. The van der Waals surface area contributed by atoms with Gasteiger partial charge in [-0.05, 0) is 66.9 Å². The second-order valence-corrected chi connectivity index (χ2v) is 9.11. The number of rotatable bonds is 10. The van der Waals surface area contributed by atoms with Crippen molar-refractivity contribution in [2.24, 2.45) is 11.7 Å². The predicted octanol–water partition coefficient (Wildman–Crippen LogP) is 3.79. The van der Waals surface area contributed by atoms with E-state index >= 15 is 0 Å². The van der Waals surface area contributed by atoms with Gasteiger partial charge in [0.05, 0.1) is 5.69 Å². The molecule has 2 aromatic rings. The van der Waals surface area contributed by atoms with Gasteiger partial charge < -0.3 is 25.8 Å². The molecule has 5 N–H and O–H groups in total. The van der Waals surface area contributed by atoms with Gasteiger partial charge in [0.1, 0.15) is 11.4 Å². The van der Waals surface area contributed by atoms with Crippen LogP contribution in [-0.2, 0) is 4.79 Å². The van der Waals surface area contributed by atoms with E-state index in [1.807, 2.05) is 30.1 Å². The van der Waals surface area contributed by atoms with E-state index < -0.39 is 18.6 Å². The highest BCUT2D eigenvalue weighted by molar-refractivity contribution is 6.40. The van der Waals surface area contributed by atoms with Crippen molar-refractivity contribution in [2.75, 3.05) is 11.9 Å². The number of nitrogens with two attached hydrogens (primary N) is 1. The Kier molecular flexibility index (Phi) is 7.82. The van der Waals surface area contributed by atoms with Crippen molar-refractivity contribution in [2.45, 2.75) is 50.0 Å². The molecule has 172 valence electrons. The molecule has 0 amide bonds. The number of carboxylic acid groups (broad SMARTS) is 1. The molecule has 3 rings (SSSR count). The van der Waals surface area contributed by atoms with Gasteiger partial charge in [-0.1, -0.05) is 42.6 Å². The van der Waals surface area contributed by atoms with Crippen LogP contribution in [0.25, 0.3) is 11.1 Å². The summed E-state index contributed by atoms with van der Waals surface area (Å²) in [6.45, 7) is 0. The van der Waals surface area contributed by atoms with E-state index in [1.54, 1.807) is 18.2 Å². The SMILES string of the molecule is CN(c1ccc(-c2ccc(Cl)cc2)cc1F)C1CC([C@@](N)(CCCCB(O)O)C(=O)O)C1. The highest BCUT2D eigenvalue weighted by Gasteiger charge is 2.49. The fraction of sp³-hybridized carbons (Fsp3) is 0.435. The Balaban J connectivity index is 1.62. The maximum Gasteiger partial charge on any atom is 0.451 e. The number of anilines is 1. The molecule has 0 spiro atoms. The molecule has 0 bridgehead atoms. The molecule has 0 aliphatic heterocycles. The zero-order chi connectivity index (χ0) is 23.5. The number of carboxylic acids is 1. The number of unbranched alkanes of at least 4 members (excludes halogenated alkanes) is 1. The summed E-state index contributed by atoms with van der Waals surface area (Å²) in [6, 6.07) is 12.3. The van der Waals surface area contributed by atoms with Crippen LogP contribution in [0, 0.1) is 11.7 Å². The highest BCUT2D eigenvalue weighted by Crippen LogP contribution is 2.42. The summed E-state index contributed by atoms with van der Waals surface area (Å²) < 4.78 is 14.9. The lowest BCUT2D eigenvalue weighted by Gasteiger charge is -2.48. The minimum absolute atomic E-state index is 0.00239. The third-order valence-electron chi connectivity index (χ3n) is 6.60. The van der Waals surface area contributed by atoms with E-state index in [2.05, 4.69) is 0 Å². The number of aliphatic carboxylic acids is 1. The van der Waals surface area contributed by atoms with E-state index in [4.69, 9.17) is 27.4 Å². The molecule has 0 unspecified atom stereocenters. The van der Waals surface area contributed by atoms with Gasteiger partial charge >= 0.3 is 13.1 Å². The third kappa shape index (κ3) is 5.43. The quantitative estimate of drug-likeness (QED) is 0.316. The molecular formula is C23H29BClFN2O4. The topological polar surface area (TPSA) is 107 Å².